The summed E-state index contributed by atoms with van der Waals surface area (Å²) in [5.74, 6) is 0.416. The van der Waals surface area contributed by atoms with E-state index in [9.17, 15) is 17.4 Å². The molecule has 0 bridgehead atoms. The van der Waals surface area contributed by atoms with E-state index in [0.29, 0.717) is 5.65 Å². The zero-order chi connectivity index (χ0) is 23.5. The number of rotatable bonds is 4. The van der Waals surface area contributed by atoms with Crippen LogP contribution in [0.25, 0.3) is 28.2 Å². The van der Waals surface area contributed by atoms with Crippen LogP contribution in [0.4, 0.5) is 13.2 Å². The SMILES string of the molecule is CCS(=O)(=NC#N)c1nn2c(C3CC3)ccnc2c1-c1nc2cc(C(F)(F)F)nnc2n1C. The number of hydrogen-bond acceptors (Lipinski definition) is 8. The average Bonchev–Trinajstić information content (AvgIpc) is 3.47. The molecule has 4 aromatic rings. The highest BCUT2D eigenvalue weighted by atomic mass is 32.2. The molecule has 0 saturated heterocycles. The summed E-state index contributed by atoms with van der Waals surface area (Å²) in [6.45, 7) is 1.61. The Hall–Kier alpha value is -3.60. The van der Waals surface area contributed by atoms with E-state index in [1.54, 1.807) is 30.9 Å². The van der Waals surface area contributed by atoms with Gasteiger partial charge in [0.1, 0.15) is 21.1 Å². The van der Waals surface area contributed by atoms with Crippen molar-refractivity contribution in [3.8, 4) is 17.6 Å². The first-order valence-corrected chi connectivity index (χ1v) is 11.6. The van der Waals surface area contributed by atoms with E-state index in [4.69, 9.17) is 5.26 Å². The van der Waals surface area contributed by atoms with E-state index in [0.717, 1.165) is 24.6 Å². The van der Waals surface area contributed by atoms with Gasteiger partial charge in [-0.2, -0.15) is 23.5 Å². The zero-order valence-electron chi connectivity index (χ0n) is 17.4. The molecule has 1 fully saturated rings. The smallest absolute Gasteiger partial charge is 0.310 e. The lowest BCUT2D eigenvalue weighted by Crippen LogP contribution is -2.09. The maximum atomic E-state index is 13.6. The predicted molar refractivity (Wildman–Crippen MR) is 110 cm³/mol. The van der Waals surface area contributed by atoms with Gasteiger partial charge in [0.25, 0.3) is 0 Å². The van der Waals surface area contributed by atoms with Crippen molar-refractivity contribution < 1.29 is 17.4 Å². The number of nitrogens with zero attached hydrogens (tertiary/aromatic N) is 9. The van der Waals surface area contributed by atoms with Crippen LogP contribution in [-0.2, 0) is 23.0 Å². The third kappa shape index (κ3) is 3.30. The van der Waals surface area contributed by atoms with Gasteiger partial charge >= 0.3 is 6.18 Å². The van der Waals surface area contributed by atoms with Crippen LogP contribution in [-0.4, -0.2) is 44.3 Å². The van der Waals surface area contributed by atoms with E-state index in [-0.39, 0.29) is 39.2 Å². The van der Waals surface area contributed by atoms with Crippen molar-refractivity contribution in [2.24, 2.45) is 11.4 Å². The van der Waals surface area contributed by atoms with Crippen LogP contribution < -0.4 is 0 Å². The maximum absolute atomic E-state index is 13.6. The second-order valence-electron chi connectivity index (χ2n) is 7.61. The van der Waals surface area contributed by atoms with Crippen molar-refractivity contribution in [1.29, 1.82) is 5.26 Å². The third-order valence-electron chi connectivity index (χ3n) is 5.52. The minimum Gasteiger partial charge on any atom is -0.310 e. The molecular formula is C19H16F3N9OS. The minimum absolute atomic E-state index is 0.00181. The molecule has 4 heterocycles. The van der Waals surface area contributed by atoms with Crippen molar-refractivity contribution in [1.82, 2.24) is 34.3 Å². The number of aromatic nitrogens is 7. The van der Waals surface area contributed by atoms with Crippen LogP contribution in [0, 0.1) is 11.5 Å². The number of halogens is 3. The Morgan fingerprint density at radius 3 is 2.70 bits per heavy atom. The number of nitriles is 1. The highest BCUT2D eigenvalue weighted by molar-refractivity contribution is 7.93. The summed E-state index contributed by atoms with van der Waals surface area (Å²) in [6, 6.07) is 2.62. The van der Waals surface area contributed by atoms with Gasteiger partial charge in [0, 0.05) is 36.7 Å². The molecule has 33 heavy (non-hydrogen) atoms. The second kappa shape index (κ2) is 7.20. The summed E-state index contributed by atoms with van der Waals surface area (Å²) in [6.07, 6.45) is 0.452. The number of alkyl halides is 3. The topological polar surface area (TPSA) is 127 Å². The molecule has 1 unspecified atom stereocenters. The quantitative estimate of drug-likeness (QED) is 0.414. The van der Waals surface area contributed by atoms with Gasteiger partial charge in [-0.3, -0.25) is 0 Å². The number of imidazole rings is 1. The monoisotopic (exact) mass is 475 g/mol. The summed E-state index contributed by atoms with van der Waals surface area (Å²) in [5.41, 5.74) is 0.301. The van der Waals surface area contributed by atoms with Gasteiger partial charge in [0.15, 0.2) is 22.0 Å². The van der Waals surface area contributed by atoms with Crippen LogP contribution >= 0.6 is 0 Å². The third-order valence-corrected chi connectivity index (χ3v) is 7.57. The minimum atomic E-state index is -4.68. The van der Waals surface area contributed by atoms with Crippen LogP contribution in [0.5, 0.6) is 0 Å². The van der Waals surface area contributed by atoms with E-state index in [1.807, 2.05) is 6.07 Å². The van der Waals surface area contributed by atoms with Gasteiger partial charge in [-0.05, 0) is 18.9 Å². The molecule has 14 heteroatoms. The normalized spacial score (nSPS) is 16.1. The molecule has 1 saturated carbocycles. The molecule has 4 aromatic heterocycles. The van der Waals surface area contributed by atoms with Gasteiger partial charge in [-0.15, -0.1) is 14.6 Å². The Labute approximate surface area is 185 Å². The van der Waals surface area contributed by atoms with Gasteiger partial charge in [-0.25, -0.2) is 18.7 Å². The summed E-state index contributed by atoms with van der Waals surface area (Å²) in [4.78, 5) is 8.76. The lowest BCUT2D eigenvalue weighted by Gasteiger charge is -2.06. The van der Waals surface area contributed by atoms with Gasteiger partial charge in [0.2, 0.25) is 6.19 Å². The second-order valence-corrected chi connectivity index (χ2v) is 10.0. The first-order valence-electron chi connectivity index (χ1n) is 9.96. The maximum Gasteiger partial charge on any atom is 0.435 e. The summed E-state index contributed by atoms with van der Waals surface area (Å²) in [7, 11) is -1.73. The Bertz CT molecular complexity index is 1580. The predicted octanol–water partition coefficient (Wildman–Crippen LogP) is 3.30. The molecule has 5 rings (SSSR count). The molecule has 10 nitrogen and oxygen atoms in total. The summed E-state index contributed by atoms with van der Waals surface area (Å²) < 4.78 is 59.7. The summed E-state index contributed by atoms with van der Waals surface area (Å²) >= 11 is 0. The number of hydrogen-bond donors (Lipinski definition) is 0. The lowest BCUT2D eigenvalue weighted by atomic mass is 10.2. The van der Waals surface area contributed by atoms with E-state index < -0.39 is 21.6 Å². The van der Waals surface area contributed by atoms with Crippen molar-refractivity contribution in [2.75, 3.05) is 5.75 Å². The van der Waals surface area contributed by atoms with Crippen molar-refractivity contribution in [3.05, 3.63) is 29.7 Å². The van der Waals surface area contributed by atoms with Crippen molar-refractivity contribution in [2.45, 2.75) is 36.9 Å². The Morgan fingerprint density at radius 1 is 1.30 bits per heavy atom. The molecule has 0 radical (unpaired) electrons. The average molecular weight is 475 g/mol. The highest BCUT2D eigenvalue weighted by Crippen LogP contribution is 2.41. The van der Waals surface area contributed by atoms with Crippen LogP contribution in [0.3, 0.4) is 0 Å². The molecule has 1 aliphatic carbocycles. The largest absolute Gasteiger partial charge is 0.435 e. The standard InChI is InChI=1S/C19H16F3N9OS/c1-3-33(32,25-9-23)18-14(16-24-7-6-12(10-4-5-10)31(16)29-18)17-26-11-8-13(19(20,21)22)27-28-15(11)30(17)2/h6-8,10H,3-5H2,1-2H3. The molecule has 170 valence electrons. The number of fused-ring (bicyclic) bond motifs is 2. The van der Waals surface area contributed by atoms with Crippen LogP contribution in [0.15, 0.2) is 27.7 Å². The first-order chi connectivity index (χ1) is 15.7. The van der Waals surface area contributed by atoms with Gasteiger partial charge in [-0.1, -0.05) is 6.92 Å². The summed E-state index contributed by atoms with van der Waals surface area (Å²) in [5, 5.41) is 20.7. The molecule has 0 aromatic carbocycles. The zero-order valence-corrected chi connectivity index (χ0v) is 18.2. The number of aryl methyl sites for hydroxylation is 1. The molecule has 1 atom stereocenters. The molecular weight excluding hydrogens is 459 g/mol. The van der Waals surface area contributed by atoms with Crippen LogP contribution in [0.2, 0.25) is 0 Å². The highest BCUT2D eigenvalue weighted by Gasteiger charge is 2.35. The molecule has 0 spiro atoms. The van der Waals surface area contributed by atoms with Crippen molar-refractivity contribution in [3.63, 3.8) is 0 Å². The molecule has 0 amide bonds. The Morgan fingerprint density at radius 2 is 2.06 bits per heavy atom. The molecule has 0 N–H and O–H groups in total. The van der Waals surface area contributed by atoms with Crippen molar-refractivity contribution >= 4 is 26.5 Å². The van der Waals surface area contributed by atoms with E-state index in [1.165, 1.54) is 4.57 Å². The van der Waals surface area contributed by atoms with E-state index >= 15 is 0 Å². The Balaban J connectivity index is 1.87. The van der Waals surface area contributed by atoms with Gasteiger partial charge < -0.3 is 4.57 Å². The fourth-order valence-corrected chi connectivity index (χ4v) is 5.04. The van der Waals surface area contributed by atoms with Crippen LogP contribution in [0.1, 0.15) is 37.1 Å². The fraction of sp³-hybridized carbons (Fsp3) is 0.368. The van der Waals surface area contributed by atoms with Gasteiger partial charge in [0.05, 0.1) is 5.56 Å². The molecule has 0 aliphatic heterocycles. The lowest BCUT2D eigenvalue weighted by molar-refractivity contribution is -0.141. The molecule has 1 aliphatic rings. The van der Waals surface area contributed by atoms with E-state index in [2.05, 4.69) is 29.6 Å². The fourth-order valence-electron chi connectivity index (χ4n) is 3.71. The Kier molecular flexibility index (Phi) is 4.64. The first kappa shape index (κ1) is 21.3.